The minimum Gasteiger partial charge on any atom is -0.494 e. The lowest BCUT2D eigenvalue weighted by Gasteiger charge is -2.10. The summed E-state index contributed by atoms with van der Waals surface area (Å²) in [4.78, 5) is 12.7. The molecule has 0 aliphatic rings. The first kappa shape index (κ1) is 31.4. The number of hydrogen-bond acceptors (Lipinski definition) is 4. The van der Waals surface area contributed by atoms with E-state index in [1.165, 1.54) is 44.9 Å². The first-order valence-corrected chi connectivity index (χ1v) is 15.3. The summed E-state index contributed by atoms with van der Waals surface area (Å²) in [6.07, 6.45) is 12.4. The van der Waals surface area contributed by atoms with Gasteiger partial charge in [0.15, 0.2) is 0 Å². The molecule has 4 heteroatoms. The molecule has 0 amide bonds. The maximum Gasteiger partial charge on any atom is 0.343 e. The molecular weight excluding hydrogens is 496 g/mol. The Kier molecular flexibility index (Phi) is 14.4. The van der Waals surface area contributed by atoms with E-state index in [4.69, 9.17) is 14.2 Å². The van der Waals surface area contributed by atoms with E-state index in [9.17, 15) is 4.79 Å². The molecule has 0 aromatic heterocycles. The van der Waals surface area contributed by atoms with Crippen molar-refractivity contribution in [2.75, 3.05) is 19.8 Å². The first-order chi connectivity index (χ1) is 19.6. The molecule has 3 rings (SSSR count). The zero-order valence-electron chi connectivity index (χ0n) is 24.8. The molecule has 0 N–H and O–H groups in total. The molecule has 0 fully saturated rings. The van der Waals surface area contributed by atoms with E-state index in [0.717, 1.165) is 54.9 Å². The minimum atomic E-state index is -0.360. The Morgan fingerprint density at radius 3 is 1.88 bits per heavy atom. The summed E-state index contributed by atoms with van der Waals surface area (Å²) in [7, 11) is 0. The fourth-order valence-corrected chi connectivity index (χ4v) is 4.45. The fraction of sp³-hybridized carbons (Fsp3) is 0.472. The average molecular weight is 545 g/mol. The SMILES string of the molecule is CCCCCCCCCCOc1ccc(-c2ccc(C(=O)Oc3ccc(CCOCC(C)CC)cc3)cc2)cc1. The molecule has 40 heavy (non-hydrogen) atoms. The van der Waals surface area contributed by atoms with Gasteiger partial charge in [0.25, 0.3) is 0 Å². The Bertz CT molecular complexity index is 1090. The Morgan fingerprint density at radius 1 is 0.675 bits per heavy atom. The van der Waals surface area contributed by atoms with Gasteiger partial charge < -0.3 is 14.2 Å². The minimum absolute atomic E-state index is 0.360. The van der Waals surface area contributed by atoms with Crippen LogP contribution in [0.2, 0.25) is 0 Å². The Balaban J connectivity index is 1.38. The standard InChI is InChI=1S/C36H48O4/c1-4-6-7-8-9-10-11-12-26-39-34-23-19-32(20-24-34)31-15-17-33(18-16-31)36(37)40-35-21-13-30(14-22-35)25-27-38-28-29(3)5-2/h13-24,29H,4-12,25-28H2,1-3H3. The van der Waals surface area contributed by atoms with Crippen LogP contribution in [0.25, 0.3) is 11.1 Å². The van der Waals surface area contributed by atoms with Gasteiger partial charge in [-0.05, 0) is 71.8 Å². The van der Waals surface area contributed by atoms with E-state index in [2.05, 4.69) is 32.9 Å². The van der Waals surface area contributed by atoms with Gasteiger partial charge in [0.05, 0.1) is 18.8 Å². The monoisotopic (exact) mass is 544 g/mol. The van der Waals surface area contributed by atoms with Gasteiger partial charge in [-0.15, -0.1) is 0 Å². The van der Waals surface area contributed by atoms with Crippen LogP contribution >= 0.6 is 0 Å². The number of rotatable bonds is 19. The molecular formula is C36H48O4. The zero-order chi connectivity index (χ0) is 28.4. The van der Waals surface area contributed by atoms with Crippen molar-refractivity contribution in [3.8, 4) is 22.6 Å². The van der Waals surface area contributed by atoms with Gasteiger partial charge in [0.1, 0.15) is 11.5 Å². The summed E-state index contributed by atoms with van der Waals surface area (Å²) in [6, 6.07) is 23.4. The van der Waals surface area contributed by atoms with Gasteiger partial charge in [-0.25, -0.2) is 4.79 Å². The summed E-state index contributed by atoms with van der Waals surface area (Å²) >= 11 is 0. The van der Waals surface area contributed by atoms with Crippen molar-refractivity contribution in [1.82, 2.24) is 0 Å². The normalized spacial score (nSPS) is 11.8. The number of hydrogen-bond donors (Lipinski definition) is 0. The van der Waals surface area contributed by atoms with Gasteiger partial charge in [-0.3, -0.25) is 0 Å². The van der Waals surface area contributed by atoms with Crippen LogP contribution in [0.15, 0.2) is 72.8 Å². The number of unbranched alkanes of at least 4 members (excludes halogenated alkanes) is 7. The second-order valence-corrected chi connectivity index (χ2v) is 10.8. The third-order valence-electron chi connectivity index (χ3n) is 7.34. The van der Waals surface area contributed by atoms with E-state index >= 15 is 0 Å². The van der Waals surface area contributed by atoms with Crippen LogP contribution in [0, 0.1) is 5.92 Å². The lowest BCUT2D eigenvalue weighted by Crippen LogP contribution is -2.09. The Hall–Kier alpha value is -3.11. The molecule has 0 radical (unpaired) electrons. The van der Waals surface area contributed by atoms with Crippen LogP contribution < -0.4 is 9.47 Å². The van der Waals surface area contributed by atoms with Crippen LogP contribution in [0.5, 0.6) is 11.5 Å². The van der Waals surface area contributed by atoms with E-state index < -0.39 is 0 Å². The summed E-state index contributed by atoms with van der Waals surface area (Å²) in [5.74, 6) is 1.67. The lowest BCUT2D eigenvalue weighted by molar-refractivity contribution is 0.0734. The molecule has 0 bridgehead atoms. The third-order valence-corrected chi connectivity index (χ3v) is 7.34. The largest absolute Gasteiger partial charge is 0.494 e. The summed E-state index contributed by atoms with van der Waals surface area (Å²) in [5, 5.41) is 0. The van der Waals surface area contributed by atoms with Gasteiger partial charge in [0, 0.05) is 6.61 Å². The molecule has 0 aliphatic heterocycles. The highest BCUT2D eigenvalue weighted by atomic mass is 16.5. The predicted molar refractivity (Wildman–Crippen MR) is 165 cm³/mol. The van der Waals surface area contributed by atoms with Gasteiger partial charge >= 0.3 is 5.97 Å². The van der Waals surface area contributed by atoms with Gasteiger partial charge in [-0.1, -0.05) is 109 Å². The number of carbonyl (C=O) groups is 1. The van der Waals surface area contributed by atoms with E-state index in [0.29, 0.717) is 23.8 Å². The molecule has 1 unspecified atom stereocenters. The van der Waals surface area contributed by atoms with Crippen LogP contribution in [0.4, 0.5) is 0 Å². The Labute approximate surface area is 242 Å². The maximum atomic E-state index is 12.7. The molecule has 216 valence electrons. The van der Waals surface area contributed by atoms with Crippen molar-refractivity contribution >= 4 is 5.97 Å². The number of benzene rings is 3. The lowest BCUT2D eigenvalue weighted by atomic mass is 10.0. The smallest absolute Gasteiger partial charge is 0.343 e. The molecule has 0 spiro atoms. The topological polar surface area (TPSA) is 44.8 Å². The molecule has 3 aromatic carbocycles. The average Bonchev–Trinajstić information content (AvgIpc) is 2.99. The fourth-order valence-electron chi connectivity index (χ4n) is 4.45. The first-order valence-electron chi connectivity index (χ1n) is 15.3. The molecule has 1 atom stereocenters. The van der Waals surface area contributed by atoms with Crippen molar-refractivity contribution < 1.29 is 19.0 Å². The molecule has 0 saturated carbocycles. The van der Waals surface area contributed by atoms with Gasteiger partial charge in [0.2, 0.25) is 0 Å². The third kappa shape index (κ3) is 11.6. The van der Waals surface area contributed by atoms with Crippen molar-refractivity contribution in [2.24, 2.45) is 5.92 Å². The van der Waals surface area contributed by atoms with E-state index in [1.54, 1.807) is 0 Å². The molecule has 4 nitrogen and oxygen atoms in total. The van der Waals surface area contributed by atoms with Crippen LogP contribution in [-0.4, -0.2) is 25.8 Å². The number of esters is 1. The van der Waals surface area contributed by atoms with Crippen molar-refractivity contribution in [3.63, 3.8) is 0 Å². The predicted octanol–water partition coefficient (Wildman–Crippen LogP) is 9.70. The number of carbonyl (C=O) groups excluding carboxylic acids is 1. The van der Waals surface area contributed by atoms with Crippen LogP contribution in [0.3, 0.4) is 0 Å². The summed E-state index contributed by atoms with van der Waals surface area (Å²) in [5.41, 5.74) is 3.82. The molecule has 0 saturated heterocycles. The maximum absolute atomic E-state index is 12.7. The van der Waals surface area contributed by atoms with Crippen LogP contribution in [-0.2, 0) is 11.2 Å². The van der Waals surface area contributed by atoms with Crippen molar-refractivity contribution in [2.45, 2.75) is 85.0 Å². The number of ether oxygens (including phenoxy) is 3. The van der Waals surface area contributed by atoms with Gasteiger partial charge in [-0.2, -0.15) is 0 Å². The van der Waals surface area contributed by atoms with E-state index in [1.807, 2.05) is 60.7 Å². The summed E-state index contributed by atoms with van der Waals surface area (Å²) in [6.45, 7) is 8.89. The second kappa shape index (κ2) is 18.3. The van der Waals surface area contributed by atoms with Crippen molar-refractivity contribution in [1.29, 1.82) is 0 Å². The highest BCUT2D eigenvalue weighted by molar-refractivity contribution is 5.91. The Morgan fingerprint density at radius 2 is 1.25 bits per heavy atom. The quantitative estimate of drug-likeness (QED) is 0.0856. The van der Waals surface area contributed by atoms with E-state index in [-0.39, 0.29) is 5.97 Å². The molecule has 3 aromatic rings. The highest BCUT2D eigenvalue weighted by Crippen LogP contribution is 2.24. The van der Waals surface area contributed by atoms with Crippen molar-refractivity contribution in [3.05, 3.63) is 83.9 Å². The molecule has 0 heterocycles. The molecule has 0 aliphatic carbocycles. The summed E-state index contributed by atoms with van der Waals surface area (Å²) < 4.78 is 17.2. The zero-order valence-corrected chi connectivity index (χ0v) is 24.8. The second-order valence-electron chi connectivity index (χ2n) is 10.8. The highest BCUT2D eigenvalue weighted by Gasteiger charge is 2.10. The van der Waals surface area contributed by atoms with Crippen LogP contribution in [0.1, 0.15) is 94.5 Å².